The molecule has 200 valence electrons. The Kier molecular flexibility index (Phi) is 7.53. The highest BCUT2D eigenvalue weighted by atomic mass is 16.2. The van der Waals surface area contributed by atoms with E-state index in [2.05, 4.69) is 74.3 Å². The first kappa shape index (κ1) is 27.3. The Morgan fingerprint density at radius 1 is 1.14 bits per heavy atom. The number of rotatable bonds is 6. The van der Waals surface area contributed by atoms with E-state index in [0.717, 1.165) is 28.8 Å². The number of nitrogens with one attached hydrogen (secondary N) is 2. The van der Waals surface area contributed by atoms with E-state index in [1.54, 1.807) is 0 Å². The Labute approximate surface area is 222 Å². The molecule has 1 aliphatic carbocycles. The van der Waals surface area contributed by atoms with E-state index in [0.29, 0.717) is 17.3 Å². The van der Waals surface area contributed by atoms with Gasteiger partial charge in [0.1, 0.15) is 0 Å². The standard InChI is InChI=1S/C31H44N4O2/c1-19-13-20(2)33-29(37)26(19)18-32-28(36)25-14-22(23-16-30(4,5)34-31(6,7)17-23)15-27(21(25)3)35(8)24-11-9-10-12-24/h13-16,24,26,34H,9-12,17-18H2,1-8H3,(H,32,36). The minimum absolute atomic E-state index is 0.0533. The first-order valence-electron chi connectivity index (χ1n) is 13.7. The number of dihydropyridines is 1. The van der Waals surface area contributed by atoms with E-state index in [1.807, 2.05) is 26.0 Å². The molecule has 0 radical (unpaired) electrons. The van der Waals surface area contributed by atoms with Gasteiger partial charge >= 0.3 is 0 Å². The summed E-state index contributed by atoms with van der Waals surface area (Å²) in [6, 6.07) is 4.82. The third-order valence-electron chi connectivity index (χ3n) is 8.11. The number of benzene rings is 1. The quantitative estimate of drug-likeness (QED) is 0.529. The Bertz CT molecular complexity index is 1180. The molecule has 1 aromatic rings. The molecule has 0 aromatic heterocycles. The molecule has 6 nitrogen and oxygen atoms in total. The van der Waals surface area contributed by atoms with Crippen LogP contribution in [0.1, 0.15) is 95.1 Å². The van der Waals surface area contributed by atoms with E-state index in [4.69, 9.17) is 0 Å². The lowest BCUT2D eigenvalue weighted by atomic mass is 9.80. The van der Waals surface area contributed by atoms with Crippen LogP contribution in [0.15, 0.2) is 34.9 Å². The summed E-state index contributed by atoms with van der Waals surface area (Å²) < 4.78 is 0. The summed E-state index contributed by atoms with van der Waals surface area (Å²) in [5.74, 6) is -0.736. The van der Waals surface area contributed by atoms with Crippen LogP contribution in [0.5, 0.6) is 0 Å². The van der Waals surface area contributed by atoms with E-state index >= 15 is 0 Å². The highest BCUT2D eigenvalue weighted by Crippen LogP contribution is 2.38. The Morgan fingerprint density at radius 3 is 2.43 bits per heavy atom. The summed E-state index contributed by atoms with van der Waals surface area (Å²) >= 11 is 0. The molecule has 2 heterocycles. The van der Waals surface area contributed by atoms with Gasteiger partial charge in [-0.15, -0.1) is 0 Å². The number of carbonyl (C=O) groups is 2. The van der Waals surface area contributed by atoms with Crippen LogP contribution in [0.25, 0.3) is 5.57 Å². The molecule has 37 heavy (non-hydrogen) atoms. The van der Waals surface area contributed by atoms with E-state index in [9.17, 15) is 9.59 Å². The highest BCUT2D eigenvalue weighted by Gasteiger charge is 2.33. The first-order valence-corrected chi connectivity index (χ1v) is 13.7. The molecule has 4 rings (SSSR count). The second-order valence-electron chi connectivity index (χ2n) is 12.5. The molecule has 1 fully saturated rings. The normalized spacial score (nSPS) is 23.3. The summed E-state index contributed by atoms with van der Waals surface area (Å²) in [4.78, 5) is 32.6. The lowest BCUT2D eigenvalue weighted by Crippen LogP contribution is -2.53. The van der Waals surface area contributed by atoms with Crippen molar-refractivity contribution in [3.63, 3.8) is 0 Å². The van der Waals surface area contributed by atoms with Gasteiger partial charge in [0, 0.05) is 47.7 Å². The van der Waals surface area contributed by atoms with Gasteiger partial charge in [0.25, 0.3) is 11.8 Å². The molecule has 1 unspecified atom stereocenters. The molecule has 2 amide bonds. The predicted molar refractivity (Wildman–Crippen MR) is 153 cm³/mol. The van der Waals surface area contributed by atoms with E-state index in [-0.39, 0.29) is 29.4 Å². The van der Waals surface area contributed by atoms with Crippen LogP contribution in [-0.2, 0) is 4.79 Å². The molecule has 0 bridgehead atoms. The lowest BCUT2D eigenvalue weighted by molar-refractivity contribution is -0.120. The zero-order valence-corrected chi connectivity index (χ0v) is 23.9. The van der Waals surface area contributed by atoms with Crippen molar-refractivity contribution in [2.24, 2.45) is 10.9 Å². The zero-order valence-electron chi connectivity index (χ0n) is 23.9. The van der Waals surface area contributed by atoms with Crippen molar-refractivity contribution in [3.8, 4) is 0 Å². The Balaban J connectivity index is 1.70. The summed E-state index contributed by atoms with van der Waals surface area (Å²) in [6.07, 6.45) is 9.98. The molecular weight excluding hydrogens is 460 g/mol. The largest absolute Gasteiger partial charge is 0.371 e. The molecule has 1 aromatic carbocycles. The summed E-state index contributed by atoms with van der Waals surface area (Å²) in [6.45, 7) is 14.9. The molecule has 6 heteroatoms. The third kappa shape index (κ3) is 6.06. The Morgan fingerprint density at radius 2 is 1.81 bits per heavy atom. The molecule has 1 saturated carbocycles. The van der Waals surface area contributed by atoms with Gasteiger partial charge in [-0.25, -0.2) is 4.99 Å². The van der Waals surface area contributed by atoms with Crippen LogP contribution in [0.3, 0.4) is 0 Å². The smallest absolute Gasteiger partial charge is 0.254 e. The topological polar surface area (TPSA) is 73.8 Å². The van der Waals surface area contributed by atoms with E-state index < -0.39 is 5.92 Å². The molecule has 1 atom stereocenters. The maximum Gasteiger partial charge on any atom is 0.254 e. The van der Waals surface area contributed by atoms with Gasteiger partial charge in [-0.2, -0.15) is 0 Å². The zero-order chi connectivity index (χ0) is 27.1. The van der Waals surface area contributed by atoms with Crippen molar-refractivity contribution in [1.82, 2.24) is 10.6 Å². The maximum atomic E-state index is 13.6. The average molecular weight is 505 g/mol. The predicted octanol–water partition coefficient (Wildman–Crippen LogP) is 5.60. The monoisotopic (exact) mass is 504 g/mol. The van der Waals surface area contributed by atoms with Crippen LogP contribution in [0.2, 0.25) is 0 Å². The number of nitrogens with zero attached hydrogens (tertiary/aromatic N) is 2. The van der Waals surface area contributed by atoms with Gasteiger partial charge in [0.15, 0.2) is 0 Å². The second-order valence-corrected chi connectivity index (χ2v) is 12.5. The minimum atomic E-state index is -0.412. The minimum Gasteiger partial charge on any atom is -0.371 e. The van der Waals surface area contributed by atoms with Gasteiger partial charge < -0.3 is 15.5 Å². The van der Waals surface area contributed by atoms with Gasteiger partial charge in [0.2, 0.25) is 0 Å². The van der Waals surface area contributed by atoms with Crippen molar-refractivity contribution in [1.29, 1.82) is 0 Å². The molecule has 0 spiro atoms. The number of carbonyl (C=O) groups excluding carboxylic acids is 2. The van der Waals surface area contributed by atoms with Crippen LogP contribution in [-0.4, -0.2) is 48.2 Å². The fourth-order valence-corrected chi connectivity index (χ4v) is 6.52. The van der Waals surface area contributed by atoms with Gasteiger partial charge in [0.05, 0.1) is 5.92 Å². The van der Waals surface area contributed by atoms with Crippen molar-refractivity contribution in [2.45, 2.75) is 97.7 Å². The number of anilines is 1. The number of amides is 2. The number of aliphatic imine (C=N–C) groups is 1. The van der Waals surface area contributed by atoms with Crippen molar-refractivity contribution in [2.75, 3.05) is 18.5 Å². The average Bonchev–Trinajstić information content (AvgIpc) is 3.30. The number of hydrogen-bond acceptors (Lipinski definition) is 4. The molecular formula is C31H44N4O2. The third-order valence-corrected chi connectivity index (χ3v) is 8.11. The Hall–Kier alpha value is -2.73. The van der Waals surface area contributed by atoms with Crippen molar-refractivity contribution < 1.29 is 9.59 Å². The highest BCUT2D eigenvalue weighted by molar-refractivity contribution is 6.06. The van der Waals surface area contributed by atoms with Crippen LogP contribution in [0, 0.1) is 12.8 Å². The SMILES string of the molecule is CC1=CC(C)=NC(=O)C1CNC(=O)c1cc(C2=CC(C)(C)NC(C)(C)C2)cc(N(C)C2CCCC2)c1C. The molecule has 2 aliphatic heterocycles. The fourth-order valence-electron chi connectivity index (χ4n) is 6.52. The van der Waals surface area contributed by atoms with Crippen LogP contribution >= 0.6 is 0 Å². The van der Waals surface area contributed by atoms with E-state index in [1.165, 1.54) is 31.3 Å². The van der Waals surface area contributed by atoms with Crippen molar-refractivity contribution >= 4 is 28.8 Å². The molecule has 0 saturated heterocycles. The van der Waals surface area contributed by atoms with Gasteiger partial charge in [-0.1, -0.05) is 24.5 Å². The lowest BCUT2D eigenvalue weighted by Gasteiger charge is -2.41. The summed E-state index contributed by atoms with van der Waals surface area (Å²) in [7, 11) is 2.17. The van der Waals surface area contributed by atoms with Crippen molar-refractivity contribution in [3.05, 3.63) is 46.5 Å². The maximum absolute atomic E-state index is 13.6. The number of allylic oxidation sites excluding steroid dienone is 1. The van der Waals surface area contributed by atoms with Gasteiger partial charge in [-0.3, -0.25) is 9.59 Å². The van der Waals surface area contributed by atoms with Gasteiger partial charge in [-0.05, 0) is 103 Å². The fraction of sp³-hybridized carbons (Fsp3) is 0.581. The number of hydrogen-bond donors (Lipinski definition) is 2. The molecule has 2 N–H and O–H groups in total. The summed E-state index contributed by atoms with van der Waals surface area (Å²) in [5.41, 5.74) is 6.60. The van der Waals surface area contributed by atoms with Crippen LogP contribution in [0.4, 0.5) is 5.69 Å². The summed E-state index contributed by atoms with van der Waals surface area (Å²) in [5, 5.41) is 6.78. The first-order chi connectivity index (χ1) is 17.3. The second kappa shape index (κ2) is 10.2. The molecule has 3 aliphatic rings. The van der Waals surface area contributed by atoms with Crippen LogP contribution < -0.4 is 15.5 Å².